The van der Waals surface area contributed by atoms with Crippen molar-refractivity contribution in [3.8, 4) is 0 Å². The average molecular weight is 264 g/mol. The van der Waals surface area contributed by atoms with Crippen molar-refractivity contribution in [3.63, 3.8) is 0 Å². The number of nitrogens with one attached hydrogen (secondary N) is 2. The Morgan fingerprint density at radius 1 is 1.16 bits per heavy atom. The third-order valence-corrected chi connectivity index (χ3v) is 3.23. The molecule has 1 aromatic rings. The Bertz CT molecular complexity index is 352. The first-order valence-electron chi connectivity index (χ1n) is 7.28. The molecule has 1 aromatic heterocycles. The summed E-state index contributed by atoms with van der Waals surface area (Å²) in [4.78, 5) is 6.87. The molecule has 0 unspecified atom stereocenters. The number of nitrogens with zero attached hydrogens (tertiary/aromatic N) is 2. The third kappa shape index (κ3) is 6.43. The summed E-state index contributed by atoms with van der Waals surface area (Å²) < 4.78 is 0. The first-order chi connectivity index (χ1) is 9.13. The summed E-state index contributed by atoms with van der Waals surface area (Å²) in [7, 11) is 2.18. The van der Waals surface area contributed by atoms with Crippen LogP contribution in [0.2, 0.25) is 0 Å². The molecule has 0 radical (unpaired) electrons. The van der Waals surface area contributed by atoms with Crippen molar-refractivity contribution in [1.82, 2.24) is 9.88 Å². The van der Waals surface area contributed by atoms with Crippen LogP contribution in [0, 0.1) is 0 Å². The van der Waals surface area contributed by atoms with Crippen LogP contribution in [0.15, 0.2) is 18.2 Å². The van der Waals surface area contributed by atoms with E-state index in [1.807, 2.05) is 18.2 Å². The van der Waals surface area contributed by atoms with Crippen molar-refractivity contribution in [1.29, 1.82) is 0 Å². The maximum absolute atomic E-state index is 4.49. The van der Waals surface area contributed by atoms with Crippen LogP contribution in [-0.4, -0.2) is 42.6 Å². The van der Waals surface area contributed by atoms with Gasteiger partial charge < -0.3 is 15.5 Å². The highest BCUT2D eigenvalue weighted by Crippen LogP contribution is 2.09. The minimum atomic E-state index is 0.631. The van der Waals surface area contributed by atoms with E-state index in [4.69, 9.17) is 0 Å². The predicted molar refractivity (Wildman–Crippen MR) is 83.9 cm³/mol. The van der Waals surface area contributed by atoms with Crippen LogP contribution in [0.5, 0.6) is 0 Å². The van der Waals surface area contributed by atoms with Crippen LogP contribution in [0.4, 0.5) is 11.6 Å². The molecule has 19 heavy (non-hydrogen) atoms. The standard InChI is InChI=1S/C15H28N4/c1-5-16-14-9-8-10-15(18-14)17-11-6-7-12-19(4)13(2)3/h8-10,13H,5-7,11-12H2,1-4H3,(H2,16,17,18). The number of pyridine rings is 1. The molecular weight excluding hydrogens is 236 g/mol. The molecular formula is C15H28N4. The SMILES string of the molecule is CCNc1cccc(NCCCCN(C)C(C)C)n1. The molecule has 0 bridgehead atoms. The molecule has 0 saturated heterocycles. The Kier molecular flexibility index (Phi) is 7.26. The van der Waals surface area contributed by atoms with Crippen molar-refractivity contribution in [2.75, 3.05) is 37.3 Å². The Morgan fingerprint density at radius 2 is 1.84 bits per heavy atom. The van der Waals surface area contributed by atoms with Crippen molar-refractivity contribution in [2.45, 2.75) is 39.7 Å². The first-order valence-corrected chi connectivity index (χ1v) is 7.28. The topological polar surface area (TPSA) is 40.2 Å². The van der Waals surface area contributed by atoms with E-state index in [2.05, 4.69) is 48.3 Å². The van der Waals surface area contributed by atoms with E-state index < -0.39 is 0 Å². The largest absolute Gasteiger partial charge is 0.370 e. The van der Waals surface area contributed by atoms with Gasteiger partial charge in [0.2, 0.25) is 0 Å². The second-order valence-electron chi connectivity index (χ2n) is 5.15. The average Bonchev–Trinajstić information content (AvgIpc) is 2.39. The number of aromatic nitrogens is 1. The van der Waals surface area contributed by atoms with Crippen molar-refractivity contribution in [2.24, 2.45) is 0 Å². The van der Waals surface area contributed by atoms with Crippen molar-refractivity contribution in [3.05, 3.63) is 18.2 Å². The van der Waals surface area contributed by atoms with E-state index in [-0.39, 0.29) is 0 Å². The quantitative estimate of drug-likeness (QED) is 0.673. The normalized spacial score (nSPS) is 11.1. The van der Waals surface area contributed by atoms with Gasteiger partial charge in [0.1, 0.15) is 11.6 Å². The molecule has 0 aliphatic rings. The van der Waals surface area contributed by atoms with E-state index in [0.29, 0.717) is 6.04 Å². The third-order valence-electron chi connectivity index (χ3n) is 3.23. The number of rotatable bonds is 9. The lowest BCUT2D eigenvalue weighted by Crippen LogP contribution is -2.27. The summed E-state index contributed by atoms with van der Waals surface area (Å²) in [6.07, 6.45) is 2.39. The van der Waals surface area contributed by atoms with Gasteiger partial charge in [0.05, 0.1) is 0 Å². The van der Waals surface area contributed by atoms with Gasteiger partial charge in [-0.2, -0.15) is 0 Å². The fourth-order valence-corrected chi connectivity index (χ4v) is 1.77. The van der Waals surface area contributed by atoms with E-state index >= 15 is 0 Å². The first kappa shape index (κ1) is 15.8. The summed E-state index contributed by atoms with van der Waals surface area (Å²) in [5.41, 5.74) is 0. The molecule has 0 saturated carbocycles. The summed E-state index contributed by atoms with van der Waals surface area (Å²) in [6.45, 7) is 9.58. The lowest BCUT2D eigenvalue weighted by atomic mass is 10.2. The lowest BCUT2D eigenvalue weighted by Gasteiger charge is -2.20. The molecule has 1 heterocycles. The minimum Gasteiger partial charge on any atom is -0.370 e. The molecule has 0 fully saturated rings. The highest BCUT2D eigenvalue weighted by Gasteiger charge is 2.02. The number of unbranched alkanes of at least 4 members (excludes halogenated alkanes) is 1. The van der Waals surface area contributed by atoms with Gasteiger partial charge in [0.25, 0.3) is 0 Å². The predicted octanol–water partition coefficient (Wildman–Crippen LogP) is 3.05. The van der Waals surface area contributed by atoms with Gasteiger partial charge in [-0.1, -0.05) is 6.07 Å². The van der Waals surface area contributed by atoms with E-state index in [9.17, 15) is 0 Å². The Morgan fingerprint density at radius 3 is 2.47 bits per heavy atom. The van der Waals surface area contributed by atoms with E-state index in [1.165, 1.54) is 12.8 Å². The monoisotopic (exact) mass is 264 g/mol. The van der Waals surface area contributed by atoms with Crippen LogP contribution in [0.25, 0.3) is 0 Å². The zero-order valence-electron chi connectivity index (χ0n) is 12.7. The van der Waals surface area contributed by atoms with Crippen LogP contribution >= 0.6 is 0 Å². The Labute approximate surface area is 117 Å². The summed E-state index contributed by atoms with van der Waals surface area (Å²) in [5.74, 6) is 1.89. The van der Waals surface area contributed by atoms with E-state index in [0.717, 1.165) is 31.3 Å². The highest BCUT2D eigenvalue weighted by molar-refractivity contribution is 5.44. The van der Waals surface area contributed by atoms with Gasteiger partial charge in [0, 0.05) is 19.1 Å². The van der Waals surface area contributed by atoms with Crippen LogP contribution < -0.4 is 10.6 Å². The lowest BCUT2D eigenvalue weighted by molar-refractivity contribution is 0.269. The van der Waals surface area contributed by atoms with Gasteiger partial charge in [-0.05, 0) is 59.3 Å². The smallest absolute Gasteiger partial charge is 0.128 e. The summed E-state index contributed by atoms with van der Waals surface area (Å²) in [5, 5.41) is 6.60. The molecule has 0 atom stereocenters. The fraction of sp³-hybridized carbons (Fsp3) is 0.667. The maximum atomic E-state index is 4.49. The number of anilines is 2. The molecule has 0 amide bonds. The van der Waals surface area contributed by atoms with Crippen LogP contribution in [0.3, 0.4) is 0 Å². The highest BCUT2D eigenvalue weighted by atomic mass is 15.1. The maximum Gasteiger partial charge on any atom is 0.128 e. The minimum absolute atomic E-state index is 0.631. The van der Waals surface area contributed by atoms with E-state index in [1.54, 1.807) is 0 Å². The van der Waals surface area contributed by atoms with Crippen LogP contribution in [0.1, 0.15) is 33.6 Å². The molecule has 4 heteroatoms. The molecule has 0 aromatic carbocycles. The van der Waals surface area contributed by atoms with Gasteiger partial charge in [-0.3, -0.25) is 0 Å². The summed E-state index contributed by atoms with van der Waals surface area (Å²) >= 11 is 0. The molecule has 108 valence electrons. The molecule has 1 rings (SSSR count). The zero-order chi connectivity index (χ0) is 14.1. The zero-order valence-corrected chi connectivity index (χ0v) is 12.7. The molecule has 0 aliphatic carbocycles. The van der Waals surface area contributed by atoms with Crippen molar-refractivity contribution >= 4 is 11.6 Å². The summed E-state index contributed by atoms with van der Waals surface area (Å²) in [6, 6.07) is 6.67. The van der Waals surface area contributed by atoms with Gasteiger partial charge >= 0.3 is 0 Å². The van der Waals surface area contributed by atoms with Gasteiger partial charge in [0.15, 0.2) is 0 Å². The van der Waals surface area contributed by atoms with Gasteiger partial charge in [-0.15, -0.1) is 0 Å². The Balaban J connectivity index is 2.20. The van der Waals surface area contributed by atoms with Crippen molar-refractivity contribution < 1.29 is 0 Å². The second kappa shape index (κ2) is 8.75. The molecule has 2 N–H and O–H groups in total. The van der Waals surface area contributed by atoms with Crippen LogP contribution in [-0.2, 0) is 0 Å². The van der Waals surface area contributed by atoms with Gasteiger partial charge in [-0.25, -0.2) is 4.98 Å². The number of hydrogen-bond donors (Lipinski definition) is 2. The number of hydrogen-bond acceptors (Lipinski definition) is 4. The molecule has 0 aliphatic heterocycles. The molecule has 0 spiro atoms. The molecule has 4 nitrogen and oxygen atoms in total. The Hall–Kier alpha value is -1.29. The fourth-order valence-electron chi connectivity index (χ4n) is 1.77. The second-order valence-corrected chi connectivity index (χ2v) is 5.15.